The molecule has 5 nitrogen and oxygen atoms in total. The predicted molar refractivity (Wildman–Crippen MR) is 97.6 cm³/mol. The Bertz CT molecular complexity index is 750. The fraction of sp³-hybridized carbons (Fsp3) is 0.263. The number of halogens is 1. The average molecular weight is 361 g/mol. The van der Waals surface area contributed by atoms with E-state index in [9.17, 15) is 9.59 Å². The first kappa shape index (κ1) is 18.8. The molecule has 0 unspecified atom stereocenters. The van der Waals surface area contributed by atoms with Crippen molar-refractivity contribution in [3.05, 3.63) is 63.7 Å². The lowest BCUT2D eigenvalue weighted by atomic mass is 10.1. The van der Waals surface area contributed by atoms with Gasteiger partial charge >= 0.3 is 0 Å². The number of rotatable bonds is 5. The number of amides is 2. The molecule has 2 rings (SSSR count). The molecule has 0 aliphatic carbocycles. The van der Waals surface area contributed by atoms with Crippen molar-refractivity contribution in [2.75, 3.05) is 6.61 Å². The number of carbonyl (C=O) groups excluding carboxylic acids is 2. The highest BCUT2D eigenvalue weighted by Gasteiger charge is 2.09. The van der Waals surface area contributed by atoms with Crippen molar-refractivity contribution >= 4 is 23.4 Å². The zero-order chi connectivity index (χ0) is 18.4. The van der Waals surface area contributed by atoms with E-state index in [0.29, 0.717) is 10.8 Å². The minimum atomic E-state index is -0.427. The van der Waals surface area contributed by atoms with Crippen LogP contribution in [0.1, 0.15) is 22.3 Å². The van der Waals surface area contributed by atoms with Crippen molar-refractivity contribution in [3.8, 4) is 5.75 Å². The van der Waals surface area contributed by atoms with Crippen LogP contribution in [0.15, 0.2) is 36.4 Å². The number of benzene rings is 2. The van der Waals surface area contributed by atoms with Gasteiger partial charge in [0.05, 0.1) is 6.42 Å². The Morgan fingerprint density at radius 2 is 1.52 bits per heavy atom. The predicted octanol–water partition coefficient (Wildman–Crippen LogP) is 3.03. The Morgan fingerprint density at radius 1 is 0.960 bits per heavy atom. The number of hydrazine groups is 1. The van der Waals surface area contributed by atoms with Gasteiger partial charge in [-0.2, -0.15) is 0 Å². The van der Waals surface area contributed by atoms with Crippen LogP contribution in [-0.4, -0.2) is 18.4 Å². The van der Waals surface area contributed by atoms with Crippen molar-refractivity contribution in [2.24, 2.45) is 0 Å². The van der Waals surface area contributed by atoms with Crippen LogP contribution in [0.25, 0.3) is 0 Å². The highest BCUT2D eigenvalue weighted by Crippen LogP contribution is 2.24. The lowest BCUT2D eigenvalue weighted by Gasteiger charge is -2.13. The fourth-order valence-electron chi connectivity index (χ4n) is 2.54. The van der Waals surface area contributed by atoms with E-state index in [0.717, 1.165) is 22.3 Å². The second-order valence-corrected chi connectivity index (χ2v) is 6.35. The molecule has 6 heteroatoms. The lowest BCUT2D eigenvalue weighted by Crippen LogP contribution is -2.44. The van der Waals surface area contributed by atoms with E-state index in [1.54, 1.807) is 24.3 Å². The molecule has 0 fully saturated rings. The van der Waals surface area contributed by atoms with Crippen LogP contribution in [-0.2, 0) is 16.0 Å². The number of nitrogens with one attached hydrogen (secondary N) is 2. The van der Waals surface area contributed by atoms with Crippen LogP contribution in [0.2, 0.25) is 5.02 Å². The molecule has 2 aromatic rings. The van der Waals surface area contributed by atoms with Gasteiger partial charge in [-0.3, -0.25) is 20.4 Å². The third kappa shape index (κ3) is 5.80. The third-order valence-corrected chi connectivity index (χ3v) is 3.82. The van der Waals surface area contributed by atoms with Gasteiger partial charge in [0.2, 0.25) is 5.91 Å². The van der Waals surface area contributed by atoms with E-state index in [4.69, 9.17) is 16.3 Å². The van der Waals surface area contributed by atoms with Crippen LogP contribution in [0.3, 0.4) is 0 Å². The molecular weight excluding hydrogens is 340 g/mol. The maximum absolute atomic E-state index is 11.8. The molecule has 0 aliphatic rings. The first-order valence-corrected chi connectivity index (χ1v) is 8.25. The topological polar surface area (TPSA) is 67.4 Å². The van der Waals surface area contributed by atoms with Gasteiger partial charge < -0.3 is 4.74 Å². The number of hydrogen-bond acceptors (Lipinski definition) is 3. The van der Waals surface area contributed by atoms with Crippen LogP contribution in [0.5, 0.6) is 5.75 Å². The maximum atomic E-state index is 11.8. The quantitative estimate of drug-likeness (QED) is 0.805. The van der Waals surface area contributed by atoms with Crippen LogP contribution in [0, 0.1) is 20.8 Å². The Labute approximate surface area is 152 Å². The molecule has 2 aromatic carbocycles. The molecule has 0 atom stereocenters. The van der Waals surface area contributed by atoms with E-state index in [1.165, 1.54) is 0 Å². The normalized spacial score (nSPS) is 10.2. The molecule has 0 saturated heterocycles. The van der Waals surface area contributed by atoms with Crippen molar-refractivity contribution in [1.29, 1.82) is 0 Å². The summed E-state index contributed by atoms with van der Waals surface area (Å²) in [5, 5.41) is 0.608. The van der Waals surface area contributed by atoms with Crippen LogP contribution in [0.4, 0.5) is 0 Å². The minimum absolute atomic E-state index is 0.147. The Hall–Kier alpha value is -2.53. The number of ether oxygens (including phenoxy) is 1. The van der Waals surface area contributed by atoms with E-state index in [-0.39, 0.29) is 18.9 Å². The third-order valence-electron chi connectivity index (χ3n) is 3.57. The molecule has 0 spiro atoms. The first-order chi connectivity index (χ1) is 11.8. The highest BCUT2D eigenvalue weighted by molar-refractivity contribution is 6.30. The maximum Gasteiger partial charge on any atom is 0.276 e. The zero-order valence-electron chi connectivity index (χ0n) is 14.5. The Balaban J connectivity index is 1.79. The summed E-state index contributed by atoms with van der Waals surface area (Å²) >= 11 is 5.80. The molecule has 0 bridgehead atoms. The Kier molecular flexibility index (Phi) is 6.42. The van der Waals surface area contributed by atoms with Crippen LogP contribution >= 0.6 is 11.6 Å². The first-order valence-electron chi connectivity index (χ1n) is 7.88. The van der Waals surface area contributed by atoms with Gasteiger partial charge in [-0.1, -0.05) is 41.4 Å². The Morgan fingerprint density at radius 3 is 2.12 bits per heavy atom. The monoisotopic (exact) mass is 360 g/mol. The summed E-state index contributed by atoms with van der Waals surface area (Å²) in [6.45, 7) is 5.70. The molecule has 0 aliphatic heterocycles. The molecule has 2 amide bonds. The van der Waals surface area contributed by atoms with Crippen molar-refractivity contribution in [2.45, 2.75) is 27.2 Å². The highest BCUT2D eigenvalue weighted by atomic mass is 35.5. The summed E-state index contributed by atoms with van der Waals surface area (Å²) in [7, 11) is 0. The average Bonchev–Trinajstić information content (AvgIpc) is 2.54. The summed E-state index contributed by atoms with van der Waals surface area (Å²) in [6, 6.07) is 10.9. The lowest BCUT2D eigenvalue weighted by molar-refractivity contribution is -0.129. The number of hydrogen-bond donors (Lipinski definition) is 2. The van der Waals surface area contributed by atoms with Gasteiger partial charge in [-0.25, -0.2) is 0 Å². The summed E-state index contributed by atoms with van der Waals surface area (Å²) in [4.78, 5) is 23.7. The molecule has 0 aromatic heterocycles. The molecule has 0 radical (unpaired) electrons. The summed E-state index contributed by atoms with van der Waals surface area (Å²) in [6.07, 6.45) is 0.147. The van der Waals surface area contributed by atoms with Crippen molar-refractivity contribution in [3.63, 3.8) is 0 Å². The van der Waals surface area contributed by atoms with E-state index in [1.807, 2.05) is 32.9 Å². The van der Waals surface area contributed by atoms with Gasteiger partial charge in [-0.05, 0) is 49.6 Å². The standard InChI is InChI=1S/C19H21ClN2O3/c1-12-8-13(2)19(14(3)9-12)25-11-18(24)22-21-17(23)10-15-4-6-16(20)7-5-15/h4-9H,10-11H2,1-3H3,(H,21,23)(H,22,24). The summed E-state index contributed by atoms with van der Waals surface area (Å²) in [5.74, 6) is -0.0598. The fourth-order valence-corrected chi connectivity index (χ4v) is 2.67. The molecule has 0 heterocycles. The van der Waals surface area contributed by atoms with Crippen molar-refractivity contribution < 1.29 is 14.3 Å². The largest absolute Gasteiger partial charge is 0.483 e. The smallest absolute Gasteiger partial charge is 0.276 e. The summed E-state index contributed by atoms with van der Waals surface area (Å²) < 4.78 is 5.57. The van der Waals surface area contributed by atoms with Crippen molar-refractivity contribution in [1.82, 2.24) is 10.9 Å². The van der Waals surface area contributed by atoms with Gasteiger partial charge in [-0.15, -0.1) is 0 Å². The second kappa shape index (κ2) is 8.53. The van der Waals surface area contributed by atoms with Gasteiger partial charge in [0, 0.05) is 5.02 Å². The van der Waals surface area contributed by atoms with Crippen LogP contribution < -0.4 is 15.6 Å². The number of aryl methyl sites for hydroxylation is 3. The molecule has 132 valence electrons. The SMILES string of the molecule is Cc1cc(C)c(OCC(=O)NNC(=O)Cc2ccc(Cl)cc2)c(C)c1. The molecular formula is C19H21ClN2O3. The number of carbonyl (C=O) groups is 2. The van der Waals surface area contributed by atoms with Gasteiger partial charge in [0.25, 0.3) is 5.91 Å². The van der Waals surface area contributed by atoms with Gasteiger partial charge in [0.1, 0.15) is 5.75 Å². The molecule has 0 saturated carbocycles. The van der Waals surface area contributed by atoms with E-state index in [2.05, 4.69) is 10.9 Å². The van der Waals surface area contributed by atoms with Gasteiger partial charge in [0.15, 0.2) is 6.61 Å². The molecule has 25 heavy (non-hydrogen) atoms. The van der Waals surface area contributed by atoms with E-state index < -0.39 is 5.91 Å². The summed E-state index contributed by atoms with van der Waals surface area (Å²) in [5.41, 5.74) is 8.60. The zero-order valence-corrected chi connectivity index (χ0v) is 15.2. The van der Waals surface area contributed by atoms with E-state index >= 15 is 0 Å². The molecule has 2 N–H and O–H groups in total. The second-order valence-electron chi connectivity index (χ2n) is 5.92. The minimum Gasteiger partial charge on any atom is -0.483 e.